The van der Waals surface area contributed by atoms with Crippen LogP contribution in [0.5, 0.6) is 17.2 Å². The maximum atomic E-state index is 15.0. The maximum absolute atomic E-state index is 15.0. The molecule has 0 radical (unpaired) electrons. The first-order valence-corrected chi connectivity index (χ1v) is 12.7. The second-order valence-corrected chi connectivity index (χ2v) is 10.1. The standard InChI is InChI=1S/C31H31FN2O3/c1-19-13-14-34(17-19)20(2)18-36-25-9-7-23(8-10-25)31-28(24-6-4-5-22(15-24)16-33)21(3)29-27(37-31)12-11-26(35)30(29)32/h4-12,15,19-20,31,35H,13-14,17-18H2,1-3H3/t19-,20+,31?/m1/s1. The normalized spacial score (nSPS) is 20.2. The molecular weight excluding hydrogens is 467 g/mol. The highest BCUT2D eigenvalue weighted by Gasteiger charge is 2.32. The number of allylic oxidation sites excluding steroid dienone is 1. The Morgan fingerprint density at radius 2 is 1.97 bits per heavy atom. The van der Waals surface area contributed by atoms with Crippen molar-refractivity contribution in [1.29, 1.82) is 5.26 Å². The minimum atomic E-state index is -0.715. The van der Waals surface area contributed by atoms with Crippen LogP contribution in [0.2, 0.25) is 0 Å². The molecule has 2 aliphatic heterocycles. The van der Waals surface area contributed by atoms with Crippen LogP contribution >= 0.6 is 0 Å². The summed E-state index contributed by atoms with van der Waals surface area (Å²) in [7, 11) is 0. The molecule has 1 saturated heterocycles. The summed E-state index contributed by atoms with van der Waals surface area (Å²) < 4.78 is 27.4. The number of phenols is 1. The first kappa shape index (κ1) is 24.9. The number of ether oxygens (including phenoxy) is 2. The monoisotopic (exact) mass is 498 g/mol. The van der Waals surface area contributed by atoms with Gasteiger partial charge in [0.25, 0.3) is 0 Å². The average Bonchev–Trinajstić information content (AvgIpc) is 3.35. The van der Waals surface area contributed by atoms with Gasteiger partial charge in [-0.1, -0.05) is 31.2 Å². The van der Waals surface area contributed by atoms with E-state index < -0.39 is 17.7 Å². The molecule has 3 atom stereocenters. The van der Waals surface area contributed by atoms with Gasteiger partial charge in [0.15, 0.2) is 11.6 Å². The Hall–Kier alpha value is -3.82. The van der Waals surface area contributed by atoms with Crippen molar-refractivity contribution >= 4 is 11.1 Å². The van der Waals surface area contributed by atoms with Gasteiger partial charge in [0.1, 0.15) is 24.2 Å². The molecule has 1 N–H and O–H groups in total. The molecule has 0 saturated carbocycles. The Morgan fingerprint density at radius 1 is 1.19 bits per heavy atom. The van der Waals surface area contributed by atoms with Gasteiger partial charge in [-0.25, -0.2) is 4.39 Å². The number of benzene rings is 3. The summed E-state index contributed by atoms with van der Waals surface area (Å²) in [4.78, 5) is 2.47. The van der Waals surface area contributed by atoms with Crippen molar-refractivity contribution in [3.05, 3.63) is 88.7 Å². The number of likely N-dealkylation sites (tertiary alicyclic amines) is 1. The second kappa shape index (κ2) is 10.3. The summed E-state index contributed by atoms with van der Waals surface area (Å²) in [6.45, 7) is 9.16. The topological polar surface area (TPSA) is 65.7 Å². The van der Waals surface area contributed by atoms with Crippen molar-refractivity contribution in [2.24, 2.45) is 5.92 Å². The summed E-state index contributed by atoms with van der Waals surface area (Å²) in [5.74, 6) is 0.743. The lowest BCUT2D eigenvalue weighted by Gasteiger charge is -2.31. The van der Waals surface area contributed by atoms with Gasteiger partial charge in [-0.05, 0) is 85.8 Å². The van der Waals surface area contributed by atoms with Crippen LogP contribution in [0.25, 0.3) is 11.1 Å². The van der Waals surface area contributed by atoms with E-state index in [2.05, 4.69) is 24.8 Å². The second-order valence-electron chi connectivity index (χ2n) is 10.1. The fourth-order valence-corrected chi connectivity index (χ4v) is 5.30. The minimum absolute atomic E-state index is 0.235. The van der Waals surface area contributed by atoms with E-state index in [0.717, 1.165) is 41.5 Å². The zero-order valence-electron chi connectivity index (χ0n) is 21.4. The van der Waals surface area contributed by atoms with Crippen LogP contribution in [0, 0.1) is 23.1 Å². The highest BCUT2D eigenvalue weighted by molar-refractivity contribution is 5.96. The molecule has 0 spiro atoms. The predicted octanol–water partition coefficient (Wildman–Crippen LogP) is 6.58. The van der Waals surface area contributed by atoms with Crippen molar-refractivity contribution in [2.45, 2.75) is 39.3 Å². The molecule has 3 aromatic carbocycles. The van der Waals surface area contributed by atoms with Crippen molar-refractivity contribution in [1.82, 2.24) is 4.90 Å². The lowest BCUT2D eigenvalue weighted by Crippen LogP contribution is -2.35. The summed E-state index contributed by atoms with van der Waals surface area (Å²) in [6.07, 6.45) is 0.712. The number of nitriles is 1. The number of hydrogen-bond donors (Lipinski definition) is 1. The third kappa shape index (κ3) is 4.92. The molecule has 37 heavy (non-hydrogen) atoms. The molecule has 5 rings (SSSR count). The van der Waals surface area contributed by atoms with Gasteiger partial charge in [-0.15, -0.1) is 0 Å². The number of halogens is 1. The molecule has 2 heterocycles. The van der Waals surface area contributed by atoms with Crippen molar-refractivity contribution in [3.63, 3.8) is 0 Å². The van der Waals surface area contributed by atoms with Gasteiger partial charge in [-0.3, -0.25) is 4.90 Å². The summed E-state index contributed by atoms with van der Waals surface area (Å²) in [5, 5.41) is 19.4. The van der Waals surface area contributed by atoms with E-state index in [0.29, 0.717) is 29.5 Å². The van der Waals surface area contributed by atoms with E-state index in [1.807, 2.05) is 37.3 Å². The quantitative estimate of drug-likeness (QED) is 0.416. The molecule has 0 aliphatic carbocycles. The van der Waals surface area contributed by atoms with Crippen LogP contribution in [-0.2, 0) is 0 Å². The van der Waals surface area contributed by atoms with Crippen LogP contribution < -0.4 is 9.47 Å². The Bertz CT molecular complexity index is 1380. The molecular formula is C31H31FN2O3. The van der Waals surface area contributed by atoms with Crippen LogP contribution in [-0.4, -0.2) is 35.7 Å². The summed E-state index contributed by atoms with van der Waals surface area (Å²) >= 11 is 0. The van der Waals surface area contributed by atoms with E-state index in [-0.39, 0.29) is 5.56 Å². The molecule has 1 fully saturated rings. The van der Waals surface area contributed by atoms with E-state index in [4.69, 9.17) is 9.47 Å². The molecule has 6 heteroatoms. The van der Waals surface area contributed by atoms with Gasteiger partial charge in [0.05, 0.1) is 17.2 Å². The van der Waals surface area contributed by atoms with Crippen molar-refractivity contribution in [3.8, 4) is 23.3 Å². The van der Waals surface area contributed by atoms with E-state index in [1.54, 1.807) is 24.3 Å². The Morgan fingerprint density at radius 3 is 2.68 bits per heavy atom. The van der Waals surface area contributed by atoms with Crippen LogP contribution in [0.4, 0.5) is 4.39 Å². The first-order chi connectivity index (χ1) is 17.9. The number of aromatic hydroxyl groups is 1. The van der Waals surface area contributed by atoms with Gasteiger partial charge in [-0.2, -0.15) is 5.26 Å². The Kier molecular flexibility index (Phi) is 6.90. The smallest absolute Gasteiger partial charge is 0.176 e. The minimum Gasteiger partial charge on any atom is -0.505 e. The highest BCUT2D eigenvalue weighted by Crippen LogP contribution is 2.48. The van der Waals surface area contributed by atoms with Crippen molar-refractivity contribution in [2.75, 3.05) is 19.7 Å². The molecule has 3 aromatic rings. The van der Waals surface area contributed by atoms with Crippen LogP contribution in [0.3, 0.4) is 0 Å². The molecule has 0 aromatic heterocycles. The number of rotatable bonds is 6. The summed E-state index contributed by atoms with van der Waals surface area (Å²) in [5.41, 5.74) is 3.79. The van der Waals surface area contributed by atoms with Gasteiger partial charge < -0.3 is 14.6 Å². The number of phenolic OH excluding ortho intramolecular Hbond substituents is 1. The summed E-state index contributed by atoms with van der Waals surface area (Å²) in [6, 6.07) is 20.4. The fourth-order valence-electron chi connectivity index (χ4n) is 5.30. The molecule has 0 bridgehead atoms. The lowest BCUT2D eigenvalue weighted by molar-refractivity contribution is 0.169. The number of fused-ring (bicyclic) bond motifs is 1. The highest BCUT2D eigenvalue weighted by atomic mass is 19.1. The number of nitrogens with zero attached hydrogens (tertiary/aromatic N) is 2. The van der Waals surface area contributed by atoms with E-state index in [1.165, 1.54) is 12.5 Å². The van der Waals surface area contributed by atoms with Crippen LogP contribution in [0.15, 0.2) is 60.7 Å². The largest absolute Gasteiger partial charge is 0.505 e. The first-order valence-electron chi connectivity index (χ1n) is 12.7. The average molecular weight is 499 g/mol. The SMILES string of the molecule is CC1=C(c2cccc(C#N)c2)C(c2ccc(OC[C@H](C)N3CC[C@@H](C)C3)cc2)Oc2ccc(O)c(F)c21. The zero-order valence-corrected chi connectivity index (χ0v) is 21.4. The fraction of sp³-hybridized carbons (Fsp3) is 0.323. The molecule has 1 unspecified atom stereocenters. The van der Waals surface area contributed by atoms with Crippen molar-refractivity contribution < 1.29 is 19.0 Å². The maximum Gasteiger partial charge on any atom is 0.176 e. The zero-order chi connectivity index (χ0) is 26.1. The van der Waals surface area contributed by atoms with E-state index >= 15 is 0 Å². The van der Waals surface area contributed by atoms with E-state index in [9.17, 15) is 14.8 Å². The van der Waals surface area contributed by atoms with Crippen LogP contribution in [0.1, 0.15) is 55.5 Å². The molecule has 190 valence electrons. The third-order valence-electron chi connectivity index (χ3n) is 7.42. The Balaban J connectivity index is 1.45. The number of hydrogen-bond acceptors (Lipinski definition) is 5. The molecule has 5 nitrogen and oxygen atoms in total. The van der Waals surface area contributed by atoms with Gasteiger partial charge >= 0.3 is 0 Å². The lowest BCUT2D eigenvalue weighted by atomic mass is 9.85. The Labute approximate surface area is 217 Å². The molecule has 2 aliphatic rings. The predicted molar refractivity (Wildman–Crippen MR) is 142 cm³/mol. The molecule has 0 amide bonds. The third-order valence-corrected chi connectivity index (χ3v) is 7.42. The van der Waals surface area contributed by atoms with Gasteiger partial charge in [0, 0.05) is 18.2 Å². The van der Waals surface area contributed by atoms with Gasteiger partial charge in [0.2, 0.25) is 0 Å².